The second-order valence-corrected chi connectivity index (χ2v) is 13.3. The zero-order valence-electron chi connectivity index (χ0n) is 28.8. The van der Waals surface area contributed by atoms with Gasteiger partial charge in [0.2, 0.25) is 0 Å². The van der Waals surface area contributed by atoms with E-state index in [0.29, 0.717) is 11.3 Å². The van der Waals surface area contributed by atoms with Crippen molar-refractivity contribution >= 4 is 32.7 Å². The van der Waals surface area contributed by atoms with Crippen LogP contribution in [0.25, 0.3) is 88.7 Å². The molecule has 0 amide bonds. The maximum Gasteiger partial charge on any atom is 0.143 e. The largest absolute Gasteiger partial charge is 0.507 e. The number of hydrogen-bond acceptors (Lipinski definition) is 4. The Morgan fingerprint density at radius 3 is 1.96 bits per heavy atom. The van der Waals surface area contributed by atoms with Crippen molar-refractivity contribution in [3.63, 3.8) is 0 Å². The number of benzene rings is 6. The summed E-state index contributed by atoms with van der Waals surface area (Å²) < 4.78 is 6.39. The molecule has 3 heterocycles. The standard InChI is InChI=1S/C47H33N2O2.Pt/c1-28-20-29(2)22-34(21-28)35-25-43(49-44(26-35)41-19-18-31-10-4-5-13-37(31)46(41)50)33-12-8-11-32(24-33)42-27-36(23-30(3)48-42)38-15-9-16-40-39-14-6-7-17-45(39)51-47(38)40;/h4-23,25-27,50H,1-3H3;/q-1;. The molecule has 0 saturated carbocycles. The van der Waals surface area contributed by atoms with Crippen molar-refractivity contribution in [2.24, 2.45) is 0 Å². The van der Waals surface area contributed by atoms with Crippen molar-refractivity contribution in [1.29, 1.82) is 0 Å². The number of nitrogens with zero attached hydrogens (tertiary/aromatic N) is 2. The van der Waals surface area contributed by atoms with Crippen LogP contribution in [-0.4, -0.2) is 15.1 Å². The molecular weight excluding hydrogens is 820 g/mol. The Hall–Kier alpha value is -5.83. The molecule has 0 bridgehead atoms. The van der Waals surface area contributed by atoms with Gasteiger partial charge in [0, 0.05) is 65.4 Å². The van der Waals surface area contributed by atoms with Crippen LogP contribution >= 0.6 is 0 Å². The molecule has 52 heavy (non-hydrogen) atoms. The van der Waals surface area contributed by atoms with Gasteiger partial charge in [-0.05, 0) is 67.1 Å². The van der Waals surface area contributed by atoms with Gasteiger partial charge in [-0.3, -0.25) is 9.97 Å². The van der Waals surface area contributed by atoms with E-state index in [1.54, 1.807) is 0 Å². The minimum Gasteiger partial charge on any atom is -0.507 e. The minimum atomic E-state index is 0. The van der Waals surface area contributed by atoms with Crippen LogP contribution in [0.3, 0.4) is 0 Å². The summed E-state index contributed by atoms with van der Waals surface area (Å²) in [6.07, 6.45) is 0. The molecule has 3 aromatic heterocycles. The van der Waals surface area contributed by atoms with E-state index < -0.39 is 0 Å². The van der Waals surface area contributed by atoms with Gasteiger partial charge in [-0.15, -0.1) is 24.3 Å². The molecule has 254 valence electrons. The van der Waals surface area contributed by atoms with Gasteiger partial charge in [0.15, 0.2) is 0 Å². The third kappa shape index (κ3) is 6.00. The predicted octanol–water partition coefficient (Wildman–Crippen LogP) is 12.3. The normalized spacial score (nSPS) is 11.3. The van der Waals surface area contributed by atoms with E-state index in [1.165, 1.54) is 11.1 Å². The molecule has 9 rings (SSSR count). The Bertz CT molecular complexity index is 2800. The Balaban J connectivity index is 0.00000387. The molecule has 0 atom stereocenters. The fraction of sp³-hybridized carbons (Fsp3) is 0.0638. The van der Waals surface area contributed by atoms with Crippen LogP contribution in [0.1, 0.15) is 16.8 Å². The number of hydrogen-bond donors (Lipinski definition) is 1. The Labute approximate surface area is 316 Å². The summed E-state index contributed by atoms with van der Waals surface area (Å²) in [6, 6.07) is 51.0. The topological polar surface area (TPSA) is 59.2 Å². The summed E-state index contributed by atoms with van der Waals surface area (Å²) in [5.74, 6) is 0.220. The second kappa shape index (κ2) is 13.4. The van der Waals surface area contributed by atoms with Crippen molar-refractivity contribution in [1.82, 2.24) is 9.97 Å². The van der Waals surface area contributed by atoms with E-state index in [1.807, 2.05) is 79.7 Å². The zero-order chi connectivity index (χ0) is 34.6. The third-order valence-corrected chi connectivity index (χ3v) is 9.57. The van der Waals surface area contributed by atoms with Gasteiger partial charge in [-0.1, -0.05) is 119 Å². The molecule has 0 aliphatic rings. The van der Waals surface area contributed by atoms with Gasteiger partial charge in [0.05, 0.1) is 5.69 Å². The smallest absolute Gasteiger partial charge is 0.143 e. The van der Waals surface area contributed by atoms with Crippen LogP contribution in [0.2, 0.25) is 0 Å². The van der Waals surface area contributed by atoms with Crippen LogP contribution < -0.4 is 0 Å². The van der Waals surface area contributed by atoms with Gasteiger partial charge in [0.1, 0.15) is 16.9 Å². The molecule has 6 aromatic carbocycles. The summed E-state index contributed by atoms with van der Waals surface area (Å²) in [5, 5.41) is 15.5. The van der Waals surface area contributed by atoms with Gasteiger partial charge in [-0.25, -0.2) is 0 Å². The Kier molecular flexibility index (Phi) is 8.57. The average molecular weight is 853 g/mol. The number of para-hydroxylation sites is 2. The first-order valence-electron chi connectivity index (χ1n) is 17.1. The van der Waals surface area contributed by atoms with E-state index in [9.17, 15) is 5.11 Å². The molecule has 0 radical (unpaired) electrons. The van der Waals surface area contributed by atoms with Crippen LogP contribution in [0.5, 0.6) is 5.75 Å². The van der Waals surface area contributed by atoms with Gasteiger partial charge in [-0.2, -0.15) is 0 Å². The van der Waals surface area contributed by atoms with Crippen molar-refractivity contribution in [2.45, 2.75) is 20.8 Å². The first kappa shape index (κ1) is 33.3. The fourth-order valence-corrected chi connectivity index (χ4v) is 7.28. The molecule has 0 fully saturated rings. The number of furan rings is 1. The molecule has 0 aliphatic heterocycles. The number of fused-ring (bicyclic) bond motifs is 4. The third-order valence-electron chi connectivity index (χ3n) is 9.57. The molecule has 1 N–H and O–H groups in total. The fourth-order valence-electron chi connectivity index (χ4n) is 7.28. The van der Waals surface area contributed by atoms with Gasteiger partial charge in [0.25, 0.3) is 0 Å². The Morgan fingerprint density at radius 1 is 0.519 bits per heavy atom. The molecule has 5 heteroatoms. The molecule has 0 saturated heterocycles. The second-order valence-electron chi connectivity index (χ2n) is 13.3. The number of pyridine rings is 2. The van der Waals surface area contributed by atoms with Crippen molar-refractivity contribution in [2.75, 3.05) is 0 Å². The SMILES string of the molecule is Cc1cc(C)cc(-c2cc(-c3[c-]c(-c4cc(-c5cccc6c5oc5ccccc56)cc(C)n4)ccc3)nc(-c3ccc4ccccc4c3O)c2)c1.[Pt]. The number of phenolic OH excluding ortho intramolecular Hbond substituents is 1. The van der Waals surface area contributed by atoms with Crippen LogP contribution in [-0.2, 0) is 21.1 Å². The number of aromatic nitrogens is 2. The maximum absolute atomic E-state index is 11.5. The van der Waals surface area contributed by atoms with Crippen molar-refractivity contribution in [3.8, 4) is 61.8 Å². The first-order valence-corrected chi connectivity index (χ1v) is 17.1. The summed E-state index contributed by atoms with van der Waals surface area (Å²) in [5.41, 5.74) is 13.8. The van der Waals surface area contributed by atoms with E-state index in [0.717, 1.165) is 83.2 Å². The predicted molar refractivity (Wildman–Crippen MR) is 209 cm³/mol. The van der Waals surface area contributed by atoms with E-state index >= 15 is 0 Å². The van der Waals surface area contributed by atoms with E-state index in [-0.39, 0.29) is 26.8 Å². The molecular formula is C47H33N2O2Pt-. The Morgan fingerprint density at radius 2 is 1.15 bits per heavy atom. The number of aromatic hydroxyl groups is 1. The maximum atomic E-state index is 11.5. The monoisotopic (exact) mass is 852 g/mol. The summed E-state index contributed by atoms with van der Waals surface area (Å²) in [7, 11) is 0. The molecule has 9 aromatic rings. The molecule has 0 unspecified atom stereocenters. The van der Waals surface area contributed by atoms with Crippen LogP contribution in [0.15, 0.2) is 144 Å². The van der Waals surface area contributed by atoms with Crippen molar-refractivity contribution in [3.05, 3.63) is 162 Å². The molecule has 0 aliphatic carbocycles. The quantitative estimate of drug-likeness (QED) is 0.175. The summed E-state index contributed by atoms with van der Waals surface area (Å²) in [4.78, 5) is 10.1. The first-order chi connectivity index (χ1) is 24.9. The number of rotatable bonds is 5. The minimum absolute atomic E-state index is 0. The number of aryl methyl sites for hydroxylation is 3. The van der Waals surface area contributed by atoms with Gasteiger partial charge >= 0.3 is 0 Å². The number of phenols is 1. The molecule has 0 spiro atoms. The molecule has 4 nitrogen and oxygen atoms in total. The summed E-state index contributed by atoms with van der Waals surface area (Å²) in [6.45, 7) is 6.25. The summed E-state index contributed by atoms with van der Waals surface area (Å²) >= 11 is 0. The zero-order valence-corrected chi connectivity index (χ0v) is 31.1. The van der Waals surface area contributed by atoms with Crippen molar-refractivity contribution < 1.29 is 30.6 Å². The van der Waals surface area contributed by atoms with Crippen LogP contribution in [0, 0.1) is 26.8 Å². The van der Waals surface area contributed by atoms with E-state index in [2.05, 4.69) is 86.6 Å². The van der Waals surface area contributed by atoms with Gasteiger partial charge < -0.3 is 9.52 Å². The van der Waals surface area contributed by atoms with E-state index in [4.69, 9.17) is 14.4 Å². The average Bonchev–Trinajstić information content (AvgIpc) is 3.53. The van der Waals surface area contributed by atoms with Crippen LogP contribution in [0.4, 0.5) is 0 Å².